The standard InChI is InChI=1S/C16H24N2O/c1-15(2)10-14(16(3,4)19-15)18-9-8-11-12(17)6-5-7-13(11)18/h5-7,14H,8-10,17H2,1-4H3. The van der Waals surface area contributed by atoms with Gasteiger partial charge in [0.15, 0.2) is 0 Å². The molecule has 0 spiro atoms. The minimum absolute atomic E-state index is 0.0444. The van der Waals surface area contributed by atoms with Crippen LogP contribution in [0.3, 0.4) is 0 Å². The largest absolute Gasteiger partial charge is 0.398 e. The molecule has 0 bridgehead atoms. The van der Waals surface area contributed by atoms with Gasteiger partial charge in [0.05, 0.1) is 17.2 Å². The third-order valence-electron chi connectivity index (χ3n) is 4.50. The summed E-state index contributed by atoms with van der Waals surface area (Å²) in [6.07, 6.45) is 2.11. The van der Waals surface area contributed by atoms with Gasteiger partial charge in [0.2, 0.25) is 0 Å². The van der Waals surface area contributed by atoms with Crippen LogP contribution in [0.15, 0.2) is 18.2 Å². The summed E-state index contributed by atoms with van der Waals surface area (Å²) in [5.41, 5.74) is 9.48. The lowest BCUT2D eigenvalue weighted by atomic mass is 9.93. The molecule has 2 N–H and O–H groups in total. The Morgan fingerprint density at radius 1 is 1.26 bits per heavy atom. The van der Waals surface area contributed by atoms with Crippen LogP contribution in [-0.4, -0.2) is 23.8 Å². The molecule has 0 radical (unpaired) electrons. The van der Waals surface area contributed by atoms with E-state index in [2.05, 4.69) is 44.7 Å². The van der Waals surface area contributed by atoms with E-state index in [1.54, 1.807) is 0 Å². The van der Waals surface area contributed by atoms with Crippen molar-refractivity contribution in [2.75, 3.05) is 17.2 Å². The molecule has 3 heteroatoms. The maximum Gasteiger partial charge on any atom is 0.0837 e. The molecule has 2 heterocycles. The van der Waals surface area contributed by atoms with Crippen LogP contribution in [0.4, 0.5) is 11.4 Å². The maximum atomic E-state index is 6.23. The third-order valence-corrected chi connectivity index (χ3v) is 4.50. The Labute approximate surface area is 115 Å². The fourth-order valence-electron chi connectivity index (χ4n) is 3.83. The molecule has 2 aliphatic rings. The summed E-state index contributed by atoms with van der Waals surface area (Å²) < 4.78 is 6.23. The second-order valence-electron chi connectivity index (χ2n) is 6.97. The highest BCUT2D eigenvalue weighted by atomic mass is 16.5. The van der Waals surface area contributed by atoms with Gasteiger partial charge >= 0.3 is 0 Å². The van der Waals surface area contributed by atoms with Crippen LogP contribution in [-0.2, 0) is 11.2 Å². The molecule has 1 fully saturated rings. The molecule has 0 amide bonds. The van der Waals surface area contributed by atoms with Crippen molar-refractivity contribution in [3.63, 3.8) is 0 Å². The van der Waals surface area contributed by atoms with Crippen molar-refractivity contribution >= 4 is 11.4 Å². The average Bonchev–Trinajstić information content (AvgIpc) is 2.77. The fourth-order valence-corrected chi connectivity index (χ4v) is 3.83. The van der Waals surface area contributed by atoms with Crippen molar-refractivity contribution < 1.29 is 4.74 Å². The van der Waals surface area contributed by atoms with E-state index in [-0.39, 0.29) is 11.2 Å². The molecular weight excluding hydrogens is 236 g/mol. The van der Waals surface area contributed by atoms with E-state index in [1.165, 1.54) is 11.3 Å². The van der Waals surface area contributed by atoms with Gasteiger partial charge in [0.25, 0.3) is 0 Å². The molecule has 0 saturated carbocycles. The van der Waals surface area contributed by atoms with E-state index in [1.807, 2.05) is 6.07 Å². The Morgan fingerprint density at radius 3 is 2.63 bits per heavy atom. The number of hydrogen-bond donors (Lipinski definition) is 1. The molecule has 19 heavy (non-hydrogen) atoms. The van der Waals surface area contributed by atoms with Crippen LogP contribution in [0.1, 0.15) is 39.7 Å². The Hall–Kier alpha value is -1.22. The topological polar surface area (TPSA) is 38.5 Å². The van der Waals surface area contributed by atoms with Gasteiger partial charge in [0, 0.05) is 23.5 Å². The first-order valence-corrected chi connectivity index (χ1v) is 7.14. The molecule has 0 aliphatic carbocycles. The smallest absolute Gasteiger partial charge is 0.0837 e. The van der Waals surface area contributed by atoms with E-state index in [4.69, 9.17) is 10.5 Å². The number of nitrogens with two attached hydrogens (primary N) is 1. The molecule has 3 nitrogen and oxygen atoms in total. The number of benzene rings is 1. The number of nitrogens with zero attached hydrogens (tertiary/aromatic N) is 1. The fraction of sp³-hybridized carbons (Fsp3) is 0.625. The number of rotatable bonds is 1. The normalized spacial score (nSPS) is 27.6. The van der Waals surface area contributed by atoms with E-state index in [0.29, 0.717) is 6.04 Å². The van der Waals surface area contributed by atoms with Crippen LogP contribution >= 0.6 is 0 Å². The maximum absolute atomic E-state index is 6.23. The molecule has 1 atom stereocenters. The van der Waals surface area contributed by atoms with Crippen molar-refractivity contribution in [3.05, 3.63) is 23.8 Å². The zero-order valence-corrected chi connectivity index (χ0v) is 12.4. The average molecular weight is 260 g/mol. The summed E-state index contributed by atoms with van der Waals surface area (Å²) in [5.74, 6) is 0. The van der Waals surface area contributed by atoms with Crippen LogP contribution < -0.4 is 10.6 Å². The zero-order valence-electron chi connectivity index (χ0n) is 12.4. The number of nitrogen functional groups attached to an aromatic ring is 1. The van der Waals surface area contributed by atoms with E-state index >= 15 is 0 Å². The van der Waals surface area contributed by atoms with Gasteiger partial charge < -0.3 is 15.4 Å². The molecule has 1 saturated heterocycles. The Balaban J connectivity index is 1.96. The lowest BCUT2D eigenvalue weighted by Gasteiger charge is -2.35. The molecular formula is C16H24N2O. The molecule has 3 rings (SSSR count). The SMILES string of the molecule is CC1(C)CC(N2CCc3c(N)cccc32)C(C)(C)O1. The summed E-state index contributed by atoms with van der Waals surface area (Å²) in [6.45, 7) is 9.83. The first-order valence-electron chi connectivity index (χ1n) is 7.14. The Morgan fingerprint density at radius 2 is 2.00 bits per heavy atom. The Kier molecular flexibility index (Phi) is 2.62. The quantitative estimate of drug-likeness (QED) is 0.789. The molecule has 1 aromatic rings. The van der Waals surface area contributed by atoms with E-state index in [0.717, 1.165) is 25.1 Å². The number of hydrogen-bond acceptors (Lipinski definition) is 3. The van der Waals surface area contributed by atoms with Gasteiger partial charge in [0.1, 0.15) is 0 Å². The van der Waals surface area contributed by atoms with Crippen molar-refractivity contribution in [2.45, 2.75) is 57.8 Å². The van der Waals surface area contributed by atoms with Gasteiger partial charge in [-0.2, -0.15) is 0 Å². The molecule has 0 aromatic heterocycles. The van der Waals surface area contributed by atoms with Crippen molar-refractivity contribution in [3.8, 4) is 0 Å². The van der Waals surface area contributed by atoms with Gasteiger partial charge in [-0.3, -0.25) is 0 Å². The monoisotopic (exact) mass is 260 g/mol. The van der Waals surface area contributed by atoms with Crippen LogP contribution in [0.2, 0.25) is 0 Å². The highest BCUT2D eigenvalue weighted by Gasteiger charge is 2.49. The second kappa shape index (κ2) is 3.89. The Bertz CT molecular complexity index is 507. The number of ether oxygens (including phenoxy) is 1. The molecule has 2 aliphatic heterocycles. The highest BCUT2D eigenvalue weighted by molar-refractivity contribution is 5.68. The van der Waals surface area contributed by atoms with Gasteiger partial charge in [-0.05, 0) is 52.7 Å². The summed E-state index contributed by atoms with van der Waals surface area (Å²) in [7, 11) is 0. The van der Waals surface area contributed by atoms with Crippen molar-refractivity contribution in [2.24, 2.45) is 0 Å². The summed E-state index contributed by atoms with van der Waals surface area (Å²) >= 11 is 0. The third kappa shape index (κ3) is 2.00. The molecule has 1 unspecified atom stereocenters. The van der Waals surface area contributed by atoms with Gasteiger partial charge in [-0.15, -0.1) is 0 Å². The second-order valence-corrected chi connectivity index (χ2v) is 6.97. The van der Waals surface area contributed by atoms with Crippen molar-refractivity contribution in [1.82, 2.24) is 0 Å². The first kappa shape index (κ1) is 12.8. The molecule has 1 aromatic carbocycles. The van der Waals surface area contributed by atoms with E-state index in [9.17, 15) is 0 Å². The van der Waals surface area contributed by atoms with Crippen LogP contribution in [0, 0.1) is 0 Å². The summed E-state index contributed by atoms with van der Waals surface area (Å²) in [4.78, 5) is 2.50. The zero-order chi connectivity index (χ0) is 13.8. The molecule has 104 valence electrons. The van der Waals surface area contributed by atoms with Crippen LogP contribution in [0.25, 0.3) is 0 Å². The van der Waals surface area contributed by atoms with Crippen LogP contribution in [0.5, 0.6) is 0 Å². The number of anilines is 2. The lowest BCUT2D eigenvalue weighted by molar-refractivity contribution is -0.0678. The van der Waals surface area contributed by atoms with E-state index < -0.39 is 0 Å². The lowest BCUT2D eigenvalue weighted by Crippen LogP contribution is -2.45. The minimum Gasteiger partial charge on any atom is -0.398 e. The number of fused-ring (bicyclic) bond motifs is 1. The first-order chi connectivity index (χ1) is 8.80. The summed E-state index contributed by atoms with van der Waals surface area (Å²) in [5, 5.41) is 0. The van der Waals surface area contributed by atoms with Gasteiger partial charge in [-0.25, -0.2) is 0 Å². The highest BCUT2D eigenvalue weighted by Crippen LogP contribution is 2.44. The summed E-state index contributed by atoms with van der Waals surface area (Å²) in [6, 6.07) is 6.67. The van der Waals surface area contributed by atoms with Crippen molar-refractivity contribution in [1.29, 1.82) is 0 Å². The van der Waals surface area contributed by atoms with Gasteiger partial charge in [-0.1, -0.05) is 6.07 Å². The predicted molar refractivity (Wildman–Crippen MR) is 79.6 cm³/mol. The minimum atomic E-state index is -0.115. The predicted octanol–water partition coefficient (Wildman–Crippen LogP) is 2.98.